The summed E-state index contributed by atoms with van der Waals surface area (Å²) in [6.07, 6.45) is 7.01. The van der Waals surface area contributed by atoms with Crippen LogP contribution >= 0.6 is 0 Å². The van der Waals surface area contributed by atoms with E-state index in [2.05, 4.69) is 42.3 Å². The zero-order valence-corrected chi connectivity index (χ0v) is 10.1. The lowest BCUT2D eigenvalue weighted by molar-refractivity contribution is 0.242. The summed E-state index contributed by atoms with van der Waals surface area (Å²) in [7, 11) is 2.33. The second-order valence-corrected chi connectivity index (χ2v) is 5.47. The molecule has 0 aromatic heterocycles. The van der Waals surface area contributed by atoms with E-state index in [1.54, 1.807) is 5.56 Å². The van der Waals surface area contributed by atoms with E-state index < -0.39 is 0 Å². The van der Waals surface area contributed by atoms with Crippen LogP contribution in [0.5, 0.6) is 0 Å². The molecule has 1 heteroatoms. The van der Waals surface area contributed by atoms with Gasteiger partial charge in [0.05, 0.1) is 0 Å². The minimum atomic E-state index is 0.805. The van der Waals surface area contributed by atoms with E-state index in [9.17, 15) is 0 Å². The van der Waals surface area contributed by atoms with E-state index in [-0.39, 0.29) is 0 Å². The van der Waals surface area contributed by atoms with Gasteiger partial charge in [-0.05, 0) is 50.6 Å². The van der Waals surface area contributed by atoms with Crippen LogP contribution in [0.3, 0.4) is 0 Å². The van der Waals surface area contributed by atoms with Gasteiger partial charge in [0.1, 0.15) is 0 Å². The first kappa shape index (κ1) is 10.3. The summed E-state index contributed by atoms with van der Waals surface area (Å²) in [6.45, 7) is 0. The Hall–Kier alpha value is -0.820. The number of benzene rings is 1. The maximum atomic E-state index is 2.64. The number of hydrogen-bond donors (Lipinski definition) is 0. The fourth-order valence-electron chi connectivity index (χ4n) is 3.59. The highest BCUT2D eigenvalue weighted by Gasteiger charge is 2.35. The lowest BCUT2D eigenvalue weighted by Gasteiger charge is -2.23. The van der Waals surface area contributed by atoms with Crippen molar-refractivity contribution in [3.05, 3.63) is 35.9 Å². The standard InChI is InChI=1S/C15H21N/c1-16-14-8-7-13(11-15(16)10-9-14)12-5-3-2-4-6-12/h2-6,13-15H,7-11H2,1H3. The zero-order valence-electron chi connectivity index (χ0n) is 10.1. The van der Waals surface area contributed by atoms with Crippen molar-refractivity contribution in [2.45, 2.75) is 50.1 Å². The normalized spacial score (nSPS) is 34.9. The second kappa shape index (κ2) is 4.21. The third-order valence-electron chi connectivity index (χ3n) is 4.66. The van der Waals surface area contributed by atoms with Gasteiger partial charge in [-0.3, -0.25) is 0 Å². The molecule has 0 aliphatic carbocycles. The lowest BCUT2D eigenvalue weighted by atomic mass is 9.86. The average molecular weight is 215 g/mol. The van der Waals surface area contributed by atoms with Crippen molar-refractivity contribution in [2.24, 2.45) is 0 Å². The summed E-state index contributed by atoms with van der Waals surface area (Å²) >= 11 is 0. The van der Waals surface area contributed by atoms with E-state index >= 15 is 0 Å². The van der Waals surface area contributed by atoms with Gasteiger partial charge in [-0.15, -0.1) is 0 Å². The maximum Gasteiger partial charge on any atom is 0.0101 e. The molecule has 0 radical (unpaired) electrons. The minimum Gasteiger partial charge on any atom is -0.300 e. The molecule has 2 saturated heterocycles. The summed E-state index contributed by atoms with van der Waals surface area (Å²) in [5.74, 6) is 0.805. The average Bonchev–Trinajstić information content (AvgIpc) is 2.54. The molecule has 2 heterocycles. The quantitative estimate of drug-likeness (QED) is 0.694. The van der Waals surface area contributed by atoms with Crippen LogP contribution in [0.25, 0.3) is 0 Å². The Balaban J connectivity index is 1.79. The van der Waals surface area contributed by atoms with Crippen LogP contribution in [0.4, 0.5) is 0 Å². The summed E-state index contributed by atoms with van der Waals surface area (Å²) in [4.78, 5) is 2.64. The topological polar surface area (TPSA) is 3.24 Å². The molecule has 2 bridgehead atoms. The lowest BCUT2D eigenvalue weighted by Crippen LogP contribution is -2.30. The van der Waals surface area contributed by atoms with Crippen molar-refractivity contribution in [3.63, 3.8) is 0 Å². The van der Waals surface area contributed by atoms with Crippen LogP contribution in [0.2, 0.25) is 0 Å². The number of fused-ring (bicyclic) bond motifs is 2. The predicted molar refractivity (Wildman–Crippen MR) is 67.6 cm³/mol. The van der Waals surface area contributed by atoms with E-state index in [1.807, 2.05) is 0 Å². The van der Waals surface area contributed by atoms with Gasteiger partial charge in [0.25, 0.3) is 0 Å². The molecule has 0 N–H and O–H groups in total. The van der Waals surface area contributed by atoms with E-state index in [1.165, 1.54) is 32.1 Å². The molecule has 2 aliphatic rings. The molecule has 3 atom stereocenters. The van der Waals surface area contributed by atoms with Gasteiger partial charge in [-0.25, -0.2) is 0 Å². The molecule has 0 spiro atoms. The summed E-state index contributed by atoms with van der Waals surface area (Å²) in [5.41, 5.74) is 1.56. The smallest absolute Gasteiger partial charge is 0.0101 e. The highest BCUT2D eigenvalue weighted by Crippen LogP contribution is 2.39. The van der Waals surface area contributed by atoms with Gasteiger partial charge in [0.2, 0.25) is 0 Å². The monoisotopic (exact) mass is 215 g/mol. The van der Waals surface area contributed by atoms with E-state index in [0.29, 0.717) is 0 Å². The maximum absolute atomic E-state index is 2.64. The first-order valence-electron chi connectivity index (χ1n) is 6.61. The van der Waals surface area contributed by atoms with Gasteiger partial charge < -0.3 is 4.90 Å². The first-order valence-corrected chi connectivity index (χ1v) is 6.61. The minimum absolute atomic E-state index is 0.805. The molecule has 1 aromatic carbocycles. The predicted octanol–water partition coefficient (Wildman–Crippen LogP) is 3.42. The highest BCUT2D eigenvalue weighted by atomic mass is 15.2. The molecule has 3 rings (SSSR count). The van der Waals surface area contributed by atoms with Gasteiger partial charge in [0, 0.05) is 12.1 Å². The van der Waals surface area contributed by atoms with E-state index in [0.717, 1.165) is 18.0 Å². The van der Waals surface area contributed by atoms with Crippen molar-refractivity contribution in [1.29, 1.82) is 0 Å². The Morgan fingerprint density at radius 2 is 1.62 bits per heavy atom. The summed E-state index contributed by atoms with van der Waals surface area (Å²) < 4.78 is 0. The van der Waals surface area contributed by atoms with Gasteiger partial charge >= 0.3 is 0 Å². The van der Waals surface area contributed by atoms with Crippen molar-refractivity contribution in [1.82, 2.24) is 4.90 Å². The molecule has 16 heavy (non-hydrogen) atoms. The summed E-state index contributed by atoms with van der Waals surface area (Å²) in [5, 5.41) is 0. The molecular formula is C15H21N. The molecule has 1 aromatic rings. The molecular weight excluding hydrogens is 194 g/mol. The van der Waals surface area contributed by atoms with Crippen LogP contribution in [0, 0.1) is 0 Å². The molecule has 2 aliphatic heterocycles. The largest absolute Gasteiger partial charge is 0.300 e. The number of rotatable bonds is 1. The van der Waals surface area contributed by atoms with Gasteiger partial charge in [0.15, 0.2) is 0 Å². The van der Waals surface area contributed by atoms with Crippen molar-refractivity contribution >= 4 is 0 Å². The van der Waals surface area contributed by atoms with Crippen LogP contribution in [-0.2, 0) is 0 Å². The third-order valence-corrected chi connectivity index (χ3v) is 4.66. The van der Waals surface area contributed by atoms with Crippen LogP contribution in [0.15, 0.2) is 30.3 Å². The van der Waals surface area contributed by atoms with Crippen molar-refractivity contribution in [3.8, 4) is 0 Å². The highest BCUT2D eigenvalue weighted by molar-refractivity contribution is 5.20. The Kier molecular flexibility index (Phi) is 2.72. The van der Waals surface area contributed by atoms with Gasteiger partial charge in [-0.1, -0.05) is 30.3 Å². The van der Waals surface area contributed by atoms with Crippen LogP contribution in [0.1, 0.15) is 43.6 Å². The van der Waals surface area contributed by atoms with Crippen LogP contribution in [-0.4, -0.2) is 24.0 Å². The molecule has 3 unspecified atom stereocenters. The van der Waals surface area contributed by atoms with Gasteiger partial charge in [-0.2, -0.15) is 0 Å². The molecule has 0 amide bonds. The zero-order chi connectivity index (χ0) is 11.0. The fraction of sp³-hybridized carbons (Fsp3) is 0.600. The Morgan fingerprint density at radius 3 is 2.44 bits per heavy atom. The Labute approximate surface area is 98.5 Å². The Bertz CT molecular complexity index is 346. The number of nitrogens with zero attached hydrogens (tertiary/aromatic N) is 1. The molecule has 86 valence electrons. The fourth-order valence-corrected chi connectivity index (χ4v) is 3.59. The van der Waals surface area contributed by atoms with E-state index in [4.69, 9.17) is 0 Å². The summed E-state index contributed by atoms with van der Waals surface area (Å²) in [6, 6.07) is 12.8. The molecule has 1 nitrogen and oxygen atoms in total. The third kappa shape index (κ3) is 1.78. The van der Waals surface area contributed by atoms with Crippen molar-refractivity contribution in [2.75, 3.05) is 7.05 Å². The number of hydrogen-bond acceptors (Lipinski definition) is 1. The molecule has 0 saturated carbocycles. The van der Waals surface area contributed by atoms with Crippen molar-refractivity contribution < 1.29 is 0 Å². The SMILES string of the molecule is CN1C2CCC(c3ccccc3)CC1CC2. The molecule has 2 fully saturated rings. The first-order chi connectivity index (χ1) is 7.84. The second-order valence-electron chi connectivity index (χ2n) is 5.47. The van der Waals surface area contributed by atoms with Crippen LogP contribution < -0.4 is 0 Å². The Morgan fingerprint density at radius 1 is 0.938 bits per heavy atom.